The second kappa shape index (κ2) is 3.40. The molecule has 1 rings (SSSR count). The lowest BCUT2D eigenvalue weighted by molar-refractivity contribution is 0.0998. The third-order valence-corrected chi connectivity index (χ3v) is 2.11. The maximum absolute atomic E-state index is 11.2. The first-order chi connectivity index (χ1) is 6.32. The second-order valence-electron chi connectivity index (χ2n) is 4.49. The van der Waals surface area contributed by atoms with Crippen molar-refractivity contribution in [2.45, 2.75) is 33.1 Å². The van der Waals surface area contributed by atoms with E-state index in [9.17, 15) is 4.79 Å². The van der Waals surface area contributed by atoms with Crippen LogP contribution in [0.25, 0.3) is 0 Å². The molecule has 1 heterocycles. The standard InChI is InChI=1S/C11H16N2O/c1-7-5-9(11(2,3)4)8(6-13-7)10(12)14/h5-6H,1-4H3,(H2,12,14). The van der Waals surface area contributed by atoms with E-state index in [1.165, 1.54) is 0 Å². The molecule has 0 aliphatic rings. The first-order valence-corrected chi connectivity index (χ1v) is 4.59. The van der Waals surface area contributed by atoms with Gasteiger partial charge in [-0.3, -0.25) is 9.78 Å². The molecule has 0 spiro atoms. The molecule has 3 nitrogen and oxygen atoms in total. The van der Waals surface area contributed by atoms with Gasteiger partial charge in [0.25, 0.3) is 5.91 Å². The van der Waals surface area contributed by atoms with Gasteiger partial charge in [-0.2, -0.15) is 0 Å². The van der Waals surface area contributed by atoms with Crippen LogP contribution >= 0.6 is 0 Å². The molecule has 0 saturated carbocycles. The quantitative estimate of drug-likeness (QED) is 0.737. The minimum absolute atomic E-state index is 0.0853. The predicted octanol–water partition coefficient (Wildman–Crippen LogP) is 1.79. The maximum Gasteiger partial charge on any atom is 0.250 e. The summed E-state index contributed by atoms with van der Waals surface area (Å²) in [6.45, 7) is 8.05. The van der Waals surface area contributed by atoms with Crippen molar-refractivity contribution in [1.82, 2.24) is 4.98 Å². The molecule has 0 atom stereocenters. The fraction of sp³-hybridized carbons (Fsp3) is 0.455. The van der Waals surface area contributed by atoms with E-state index in [-0.39, 0.29) is 5.41 Å². The van der Waals surface area contributed by atoms with Gasteiger partial charge in [0.05, 0.1) is 5.56 Å². The highest BCUT2D eigenvalue weighted by Crippen LogP contribution is 2.25. The molecule has 1 aromatic heterocycles. The molecule has 1 aromatic rings. The van der Waals surface area contributed by atoms with Gasteiger partial charge in [0.2, 0.25) is 0 Å². The molecule has 2 N–H and O–H groups in total. The number of rotatable bonds is 1. The van der Waals surface area contributed by atoms with Gasteiger partial charge < -0.3 is 5.73 Å². The normalized spacial score (nSPS) is 11.4. The average Bonchev–Trinajstić information content (AvgIpc) is 2.01. The number of pyridine rings is 1. The molecule has 0 saturated heterocycles. The van der Waals surface area contributed by atoms with E-state index >= 15 is 0 Å². The number of aromatic nitrogens is 1. The Kier molecular flexibility index (Phi) is 2.60. The van der Waals surface area contributed by atoms with Crippen molar-refractivity contribution < 1.29 is 4.79 Å². The van der Waals surface area contributed by atoms with Gasteiger partial charge in [0.1, 0.15) is 0 Å². The maximum atomic E-state index is 11.2. The number of hydrogen-bond acceptors (Lipinski definition) is 2. The van der Waals surface area contributed by atoms with Crippen LogP contribution in [0.3, 0.4) is 0 Å². The van der Waals surface area contributed by atoms with E-state index < -0.39 is 5.91 Å². The first kappa shape index (κ1) is 10.7. The SMILES string of the molecule is Cc1cc(C(C)(C)C)c(C(N)=O)cn1. The Hall–Kier alpha value is -1.38. The third kappa shape index (κ3) is 2.10. The number of amides is 1. The molecule has 0 fully saturated rings. The van der Waals surface area contributed by atoms with Crippen LogP contribution in [0, 0.1) is 6.92 Å². The zero-order valence-electron chi connectivity index (χ0n) is 9.09. The second-order valence-corrected chi connectivity index (χ2v) is 4.49. The molecule has 0 bridgehead atoms. The van der Waals surface area contributed by atoms with Crippen LogP contribution in [0.2, 0.25) is 0 Å². The highest BCUT2D eigenvalue weighted by atomic mass is 16.1. The van der Waals surface area contributed by atoms with Gasteiger partial charge in [0, 0.05) is 11.9 Å². The van der Waals surface area contributed by atoms with Gasteiger partial charge in [-0.05, 0) is 24.0 Å². The molecular formula is C11H16N2O. The molecule has 0 unspecified atom stereocenters. The molecular weight excluding hydrogens is 176 g/mol. The number of carbonyl (C=O) groups excluding carboxylic acids is 1. The van der Waals surface area contributed by atoms with Crippen LogP contribution in [-0.4, -0.2) is 10.9 Å². The van der Waals surface area contributed by atoms with Crippen molar-refractivity contribution in [1.29, 1.82) is 0 Å². The zero-order chi connectivity index (χ0) is 10.9. The number of nitrogens with two attached hydrogens (primary N) is 1. The van der Waals surface area contributed by atoms with Crippen LogP contribution < -0.4 is 5.73 Å². The van der Waals surface area contributed by atoms with Crippen molar-refractivity contribution in [3.8, 4) is 0 Å². The molecule has 0 aliphatic carbocycles. The molecule has 1 amide bonds. The van der Waals surface area contributed by atoms with Gasteiger partial charge in [0.15, 0.2) is 0 Å². The number of carbonyl (C=O) groups is 1. The van der Waals surface area contributed by atoms with E-state index in [0.29, 0.717) is 5.56 Å². The molecule has 0 aromatic carbocycles. The Morgan fingerprint density at radius 1 is 1.43 bits per heavy atom. The number of nitrogens with zero attached hydrogens (tertiary/aromatic N) is 1. The largest absolute Gasteiger partial charge is 0.366 e. The molecule has 76 valence electrons. The highest BCUT2D eigenvalue weighted by molar-refractivity contribution is 5.94. The fourth-order valence-electron chi connectivity index (χ4n) is 1.38. The number of hydrogen-bond donors (Lipinski definition) is 1. The molecule has 0 aliphatic heterocycles. The van der Waals surface area contributed by atoms with Gasteiger partial charge in [-0.15, -0.1) is 0 Å². The topological polar surface area (TPSA) is 56.0 Å². The molecule has 14 heavy (non-hydrogen) atoms. The summed E-state index contributed by atoms with van der Waals surface area (Å²) >= 11 is 0. The predicted molar refractivity (Wildman–Crippen MR) is 56.2 cm³/mol. The highest BCUT2D eigenvalue weighted by Gasteiger charge is 2.20. The summed E-state index contributed by atoms with van der Waals surface area (Å²) in [6, 6.07) is 1.92. The Bertz CT molecular complexity index is 364. The molecule has 0 radical (unpaired) electrons. The zero-order valence-corrected chi connectivity index (χ0v) is 9.09. The van der Waals surface area contributed by atoms with Crippen LogP contribution in [0.5, 0.6) is 0 Å². The van der Waals surface area contributed by atoms with E-state index in [4.69, 9.17) is 5.73 Å². The monoisotopic (exact) mass is 192 g/mol. The van der Waals surface area contributed by atoms with Gasteiger partial charge >= 0.3 is 0 Å². The van der Waals surface area contributed by atoms with Crippen molar-refractivity contribution in [3.05, 3.63) is 29.1 Å². The Morgan fingerprint density at radius 2 is 2.00 bits per heavy atom. The Balaban J connectivity index is 3.38. The van der Waals surface area contributed by atoms with Crippen molar-refractivity contribution in [3.63, 3.8) is 0 Å². The van der Waals surface area contributed by atoms with Gasteiger partial charge in [-0.25, -0.2) is 0 Å². The average molecular weight is 192 g/mol. The number of aryl methyl sites for hydroxylation is 1. The van der Waals surface area contributed by atoms with Crippen LogP contribution in [0.15, 0.2) is 12.3 Å². The summed E-state index contributed by atoms with van der Waals surface area (Å²) in [5, 5.41) is 0. The summed E-state index contributed by atoms with van der Waals surface area (Å²) < 4.78 is 0. The lowest BCUT2D eigenvalue weighted by Crippen LogP contribution is -2.21. The van der Waals surface area contributed by atoms with Crippen molar-refractivity contribution in [2.24, 2.45) is 5.73 Å². The first-order valence-electron chi connectivity index (χ1n) is 4.59. The summed E-state index contributed by atoms with van der Waals surface area (Å²) in [4.78, 5) is 15.2. The van der Waals surface area contributed by atoms with Crippen molar-refractivity contribution >= 4 is 5.91 Å². The van der Waals surface area contributed by atoms with E-state index in [0.717, 1.165) is 11.3 Å². The fourth-order valence-corrected chi connectivity index (χ4v) is 1.38. The summed E-state index contributed by atoms with van der Waals surface area (Å²) in [6.07, 6.45) is 1.55. The van der Waals surface area contributed by atoms with Crippen LogP contribution in [0.1, 0.15) is 42.4 Å². The minimum Gasteiger partial charge on any atom is -0.366 e. The van der Waals surface area contributed by atoms with E-state index in [2.05, 4.69) is 4.98 Å². The summed E-state index contributed by atoms with van der Waals surface area (Å²) in [5.74, 6) is -0.414. The van der Waals surface area contributed by atoms with E-state index in [1.807, 2.05) is 33.8 Å². The number of primary amides is 1. The lowest BCUT2D eigenvalue weighted by Gasteiger charge is -2.21. The minimum atomic E-state index is -0.414. The summed E-state index contributed by atoms with van der Waals surface area (Å²) in [7, 11) is 0. The smallest absolute Gasteiger partial charge is 0.250 e. The van der Waals surface area contributed by atoms with Crippen LogP contribution in [-0.2, 0) is 5.41 Å². The molecule has 3 heteroatoms. The van der Waals surface area contributed by atoms with Crippen molar-refractivity contribution in [2.75, 3.05) is 0 Å². The Morgan fingerprint density at radius 3 is 2.43 bits per heavy atom. The Labute approximate surface area is 84.3 Å². The van der Waals surface area contributed by atoms with E-state index in [1.54, 1.807) is 6.20 Å². The summed E-state index contributed by atoms with van der Waals surface area (Å²) in [5.41, 5.74) is 7.57. The van der Waals surface area contributed by atoms with Crippen LogP contribution in [0.4, 0.5) is 0 Å². The third-order valence-electron chi connectivity index (χ3n) is 2.11. The lowest BCUT2D eigenvalue weighted by atomic mass is 9.84. The van der Waals surface area contributed by atoms with Gasteiger partial charge in [-0.1, -0.05) is 20.8 Å².